The van der Waals surface area contributed by atoms with Gasteiger partial charge < -0.3 is 0 Å². The molecule has 3 heteroatoms. The van der Waals surface area contributed by atoms with Gasteiger partial charge in [0.25, 0.3) is 0 Å². The molecular weight excluding hydrogens is 260 g/mol. The molecule has 0 saturated heterocycles. The van der Waals surface area contributed by atoms with E-state index < -0.39 is 0 Å². The molecule has 18 heavy (non-hydrogen) atoms. The predicted octanol–water partition coefficient (Wildman–Crippen LogP) is 5.43. The Morgan fingerprint density at radius 3 is 2.89 bits per heavy atom. The highest BCUT2D eigenvalue weighted by atomic mass is 32.1. The summed E-state index contributed by atoms with van der Waals surface area (Å²) in [5.41, 5.74) is 1.05. The number of ketones is 1. The van der Waals surface area contributed by atoms with E-state index in [1.165, 1.54) is 28.7 Å². The zero-order valence-corrected chi connectivity index (χ0v) is 11.9. The molecule has 3 rings (SSSR count). The molecule has 0 atom stereocenters. The number of thiophene rings is 2. The second-order valence-corrected chi connectivity index (χ2v) is 6.80. The summed E-state index contributed by atoms with van der Waals surface area (Å²) in [6, 6.07) is 4.17. The first-order valence-electron chi connectivity index (χ1n) is 6.55. The average molecular weight is 276 g/mol. The summed E-state index contributed by atoms with van der Waals surface area (Å²) < 4.78 is 2.49. The van der Waals surface area contributed by atoms with Crippen molar-refractivity contribution < 1.29 is 4.79 Å². The standard InChI is InChI=1S/C15H16OS2/c16-15(11-6-4-2-1-3-5-7-11)14-10-13-12(18-14)8-9-17-13/h6,8-10H,1-5,7H2/b11-6+. The first-order valence-corrected chi connectivity index (χ1v) is 8.25. The van der Waals surface area contributed by atoms with Crippen LogP contribution in [0.4, 0.5) is 0 Å². The van der Waals surface area contributed by atoms with Crippen molar-refractivity contribution in [3.63, 3.8) is 0 Å². The molecule has 2 aromatic rings. The van der Waals surface area contributed by atoms with Crippen molar-refractivity contribution in [2.75, 3.05) is 0 Å². The molecule has 2 aromatic heterocycles. The van der Waals surface area contributed by atoms with Gasteiger partial charge in [-0.1, -0.05) is 18.9 Å². The zero-order valence-electron chi connectivity index (χ0n) is 10.3. The van der Waals surface area contributed by atoms with E-state index in [4.69, 9.17) is 0 Å². The Kier molecular flexibility index (Phi) is 3.62. The third kappa shape index (κ3) is 2.43. The highest BCUT2D eigenvalue weighted by Crippen LogP contribution is 2.32. The van der Waals surface area contributed by atoms with E-state index in [2.05, 4.69) is 23.6 Å². The van der Waals surface area contributed by atoms with E-state index in [0.29, 0.717) is 0 Å². The van der Waals surface area contributed by atoms with Gasteiger partial charge in [-0.2, -0.15) is 0 Å². The van der Waals surface area contributed by atoms with Crippen LogP contribution in [0.2, 0.25) is 0 Å². The first-order chi connectivity index (χ1) is 8.84. The van der Waals surface area contributed by atoms with Crippen molar-refractivity contribution in [2.24, 2.45) is 0 Å². The Labute approximate surface area is 115 Å². The summed E-state index contributed by atoms with van der Waals surface area (Å²) in [6.45, 7) is 0. The third-order valence-electron chi connectivity index (χ3n) is 3.45. The summed E-state index contributed by atoms with van der Waals surface area (Å²) in [4.78, 5) is 13.4. The lowest BCUT2D eigenvalue weighted by atomic mass is 9.97. The van der Waals surface area contributed by atoms with Crippen LogP contribution in [0.3, 0.4) is 0 Å². The Bertz CT molecular complexity index is 560. The quantitative estimate of drug-likeness (QED) is 0.669. The van der Waals surface area contributed by atoms with Crippen LogP contribution in [-0.4, -0.2) is 5.78 Å². The minimum atomic E-state index is 0.269. The van der Waals surface area contributed by atoms with Crippen LogP contribution in [0.25, 0.3) is 9.40 Å². The van der Waals surface area contributed by atoms with Crippen LogP contribution >= 0.6 is 22.7 Å². The van der Waals surface area contributed by atoms with Gasteiger partial charge in [-0.15, -0.1) is 22.7 Å². The Hall–Kier alpha value is -0.930. The van der Waals surface area contributed by atoms with E-state index in [1.807, 2.05) is 0 Å². The van der Waals surface area contributed by atoms with Crippen molar-refractivity contribution in [2.45, 2.75) is 38.5 Å². The molecule has 1 nitrogen and oxygen atoms in total. The van der Waals surface area contributed by atoms with Crippen LogP contribution in [0.15, 0.2) is 29.2 Å². The molecule has 1 aliphatic carbocycles. The van der Waals surface area contributed by atoms with Gasteiger partial charge in [-0.3, -0.25) is 4.79 Å². The molecule has 0 N–H and O–H groups in total. The normalized spacial score (nSPS) is 20.1. The molecule has 2 heterocycles. The summed E-state index contributed by atoms with van der Waals surface area (Å²) in [5, 5.41) is 2.09. The van der Waals surface area contributed by atoms with Crippen molar-refractivity contribution >= 4 is 37.9 Å². The summed E-state index contributed by atoms with van der Waals surface area (Å²) in [6.07, 6.45) is 9.19. The van der Waals surface area contributed by atoms with E-state index in [9.17, 15) is 4.79 Å². The lowest BCUT2D eigenvalue weighted by Gasteiger charge is -2.09. The number of Topliss-reactive ketones (excluding diaryl/α,β-unsaturated/α-hetero) is 1. The average Bonchev–Trinajstić information content (AvgIpc) is 2.87. The van der Waals surface area contributed by atoms with Gasteiger partial charge in [0.15, 0.2) is 5.78 Å². The minimum Gasteiger partial charge on any atom is -0.288 e. The fraction of sp³-hybridized carbons (Fsp3) is 0.400. The smallest absolute Gasteiger partial charge is 0.198 e. The maximum atomic E-state index is 12.5. The minimum absolute atomic E-state index is 0.269. The number of fused-ring (bicyclic) bond motifs is 1. The van der Waals surface area contributed by atoms with E-state index in [1.54, 1.807) is 22.7 Å². The van der Waals surface area contributed by atoms with Gasteiger partial charge in [0.05, 0.1) is 4.88 Å². The highest BCUT2D eigenvalue weighted by molar-refractivity contribution is 7.28. The van der Waals surface area contributed by atoms with E-state index in [-0.39, 0.29) is 5.78 Å². The van der Waals surface area contributed by atoms with Crippen molar-refractivity contribution in [3.8, 4) is 0 Å². The van der Waals surface area contributed by atoms with Crippen LogP contribution < -0.4 is 0 Å². The van der Waals surface area contributed by atoms with Gasteiger partial charge in [0, 0.05) is 9.40 Å². The monoisotopic (exact) mass is 276 g/mol. The molecule has 0 unspecified atom stereocenters. The van der Waals surface area contributed by atoms with Crippen LogP contribution in [0.1, 0.15) is 48.2 Å². The Morgan fingerprint density at radius 1 is 1.11 bits per heavy atom. The Morgan fingerprint density at radius 2 is 2.00 bits per heavy atom. The molecular formula is C15H16OS2. The van der Waals surface area contributed by atoms with Crippen LogP contribution in [0, 0.1) is 0 Å². The van der Waals surface area contributed by atoms with E-state index in [0.717, 1.165) is 29.7 Å². The molecule has 0 fully saturated rings. The van der Waals surface area contributed by atoms with Crippen molar-refractivity contribution in [1.82, 2.24) is 0 Å². The van der Waals surface area contributed by atoms with Crippen molar-refractivity contribution in [3.05, 3.63) is 34.0 Å². The second-order valence-electron chi connectivity index (χ2n) is 4.77. The number of rotatable bonds is 2. The van der Waals surface area contributed by atoms with Crippen LogP contribution in [0.5, 0.6) is 0 Å². The molecule has 0 amide bonds. The van der Waals surface area contributed by atoms with Crippen LogP contribution in [-0.2, 0) is 0 Å². The molecule has 0 aromatic carbocycles. The van der Waals surface area contributed by atoms with Gasteiger partial charge >= 0.3 is 0 Å². The molecule has 94 valence electrons. The van der Waals surface area contributed by atoms with Gasteiger partial charge in [0.1, 0.15) is 0 Å². The summed E-state index contributed by atoms with van der Waals surface area (Å²) in [7, 11) is 0. The van der Waals surface area contributed by atoms with Gasteiger partial charge in [0.2, 0.25) is 0 Å². The molecule has 0 spiro atoms. The number of hydrogen-bond donors (Lipinski definition) is 0. The van der Waals surface area contributed by atoms with Crippen molar-refractivity contribution in [1.29, 1.82) is 0 Å². The number of carbonyl (C=O) groups is 1. The summed E-state index contributed by atoms with van der Waals surface area (Å²) in [5.74, 6) is 0.269. The number of hydrogen-bond acceptors (Lipinski definition) is 3. The lowest BCUT2D eigenvalue weighted by Crippen LogP contribution is -2.03. The molecule has 0 aliphatic heterocycles. The molecule has 0 bridgehead atoms. The fourth-order valence-electron chi connectivity index (χ4n) is 2.43. The highest BCUT2D eigenvalue weighted by Gasteiger charge is 2.16. The lowest BCUT2D eigenvalue weighted by molar-refractivity contribution is 0.103. The topological polar surface area (TPSA) is 17.1 Å². The first kappa shape index (κ1) is 12.1. The van der Waals surface area contributed by atoms with E-state index >= 15 is 0 Å². The zero-order chi connectivity index (χ0) is 12.4. The molecule has 1 aliphatic rings. The maximum Gasteiger partial charge on any atom is 0.198 e. The Balaban J connectivity index is 1.86. The second kappa shape index (κ2) is 5.37. The largest absolute Gasteiger partial charge is 0.288 e. The number of carbonyl (C=O) groups excluding carboxylic acids is 1. The maximum absolute atomic E-state index is 12.5. The number of allylic oxidation sites excluding steroid dienone is 2. The third-order valence-corrected chi connectivity index (χ3v) is 5.54. The van der Waals surface area contributed by atoms with Gasteiger partial charge in [-0.05, 0) is 48.8 Å². The molecule has 0 saturated carbocycles. The molecule has 0 radical (unpaired) electrons. The SMILES string of the molecule is O=C(/C1=C/CCCCCC1)c1cc2sccc2s1. The fourth-order valence-corrected chi connectivity index (χ4v) is 4.52. The van der Waals surface area contributed by atoms with Gasteiger partial charge in [-0.25, -0.2) is 0 Å². The summed E-state index contributed by atoms with van der Waals surface area (Å²) >= 11 is 3.36. The predicted molar refractivity (Wildman–Crippen MR) is 79.8 cm³/mol.